The van der Waals surface area contributed by atoms with Crippen LogP contribution in [0.4, 0.5) is 10.1 Å². The lowest BCUT2D eigenvalue weighted by Gasteiger charge is -2.24. The summed E-state index contributed by atoms with van der Waals surface area (Å²) in [5.74, 6) is 0.429. The van der Waals surface area contributed by atoms with Gasteiger partial charge in [0, 0.05) is 5.02 Å². The van der Waals surface area contributed by atoms with E-state index in [1.54, 1.807) is 30.3 Å². The van der Waals surface area contributed by atoms with Gasteiger partial charge in [-0.05, 0) is 37.3 Å². The van der Waals surface area contributed by atoms with E-state index in [1.807, 2.05) is 17.9 Å². The smallest absolute Gasteiger partial charge is 0.230 e. The van der Waals surface area contributed by atoms with E-state index >= 15 is 0 Å². The summed E-state index contributed by atoms with van der Waals surface area (Å²) in [7, 11) is 0. The molecule has 0 bridgehead atoms. The summed E-state index contributed by atoms with van der Waals surface area (Å²) in [6.07, 6.45) is 0. The first-order valence-electron chi connectivity index (χ1n) is 7.73. The molecule has 1 atom stereocenters. The highest BCUT2D eigenvalue weighted by atomic mass is 35.5. The minimum atomic E-state index is -0.424. The fourth-order valence-electron chi connectivity index (χ4n) is 3.43. The molecule has 0 spiro atoms. The first kappa shape index (κ1) is 15.1. The third kappa shape index (κ3) is 2.27. The molecule has 24 heavy (non-hydrogen) atoms. The zero-order chi connectivity index (χ0) is 16.8. The molecule has 2 heterocycles. The Kier molecular flexibility index (Phi) is 3.53. The third-order valence-corrected chi connectivity index (χ3v) is 4.71. The number of anilines is 1. The Hall–Kier alpha value is -2.40. The van der Waals surface area contributed by atoms with Crippen LogP contribution in [-0.2, 0) is 0 Å². The normalized spacial score (nSPS) is 19.7. The maximum Gasteiger partial charge on any atom is 0.230 e. The van der Waals surface area contributed by atoms with Crippen LogP contribution >= 0.6 is 11.6 Å². The van der Waals surface area contributed by atoms with Crippen LogP contribution in [0.15, 0.2) is 47.5 Å². The minimum Gasteiger partial charge on any atom is -0.623 e. The SMILES string of the molecule is CC1=NCC2C[N+]([O-])=C(c3ccccc3F)c3cc(Cl)ccc3N12. The predicted octanol–water partition coefficient (Wildman–Crippen LogP) is 3.45. The molecule has 0 saturated heterocycles. The number of nitrogens with zero attached hydrogens (tertiary/aromatic N) is 3. The molecule has 0 fully saturated rings. The van der Waals surface area contributed by atoms with Gasteiger partial charge in [-0.15, -0.1) is 0 Å². The standard InChI is InChI=1S/C18H15ClFN3O/c1-11-21-9-13-10-22(24)18(14-4-2-3-5-16(14)20)15-8-12(19)6-7-17(15)23(11)13/h2-8,13H,9-10H2,1H3. The van der Waals surface area contributed by atoms with E-state index in [4.69, 9.17) is 11.6 Å². The number of hydrogen-bond acceptors (Lipinski definition) is 3. The fraction of sp³-hybridized carbons (Fsp3) is 0.222. The largest absolute Gasteiger partial charge is 0.623 e. The molecule has 0 saturated carbocycles. The van der Waals surface area contributed by atoms with Gasteiger partial charge < -0.3 is 10.1 Å². The molecule has 4 rings (SSSR count). The molecule has 6 heteroatoms. The number of hydrogen-bond donors (Lipinski definition) is 0. The summed E-state index contributed by atoms with van der Waals surface area (Å²) < 4.78 is 15.3. The minimum absolute atomic E-state index is 0.0632. The number of rotatable bonds is 1. The lowest BCUT2D eigenvalue weighted by atomic mass is 9.99. The number of aliphatic imine (C=N–C) groups is 1. The molecular formula is C18H15ClFN3O. The van der Waals surface area contributed by atoms with Crippen LogP contribution in [0.3, 0.4) is 0 Å². The second-order valence-electron chi connectivity index (χ2n) is 5.96. The lowest BCUT2D eigenvalue weighted by Crippen LogP contribution is -2.39. The summed E-state index contributed by atoms with van der Waals surface area (Å²) in [4.78, 5) is 6.50. The van der Waals surface area contributed by atoms with Gasteiger partial charge >= 0.3 is 0 Å². The molecule has 122 valence electrons. The number of hydroxylamine groups is 1. The number of amidine groups is 1. The Morgan fingerprint density at radius 2 is 2.04 bits per heavy atom. The van der Waals surface area contributed by atoms with Gasteiger partial charge in [0.2, 0.25) is 5.71 Å². The van der Waals surface area contributed by atoms with Crippen molar-refractivity contribution in [3.8, 4) is 0 Å². The van der Waals surface area contributed by atoms with Crippen molar-refractivity contribution in [3.63, 3.8) is 0 Å². The van der Waals surface area contributed by atoms with Crippen molar-refractivity contribution in [1.29, 1.82) is 0 Å². The van der Waals surface area contributed by atoms with E-state index in [0.29, 0.717) is 22.8 Å². The Balaban J connectivity index is 2.01. The lowest BCUT2D eigenvalue weighted by molar-refractivity contribution is -0.458. The van der Waals surface area contributed by atoms with Crippen LogP contribution in [0.5, 0.6) is 0 Å². The van der Waals surface area contributed by atoms with Gasteiger partial charge in [-0.1, -0.05) is 23.7 Å². The second kappa shape index (κ2) is 5.60. The summed E-state index contributed by atoms with van der Waals surface area (Å²) >= 11 is 6.17. The average Bonchev–Trinajstić information content (AvgIpc) is 2.85. The average molecular weight is 344 g/mol. The summed E-state index contributed by atoms with van der Waals surface area (Å²) in [5, 5.41) is 13.4. The van der Waals surface area contributed by atoms with E-state index in [0.717, 1.165) is 16.3 Å². The van der Waals surface area contributed by atoms with Gasteiger partial charge in [-0.25, -0.2) is 9.13 Å². The molecule has 2 aromatic carbocycles. The van der Waals surface area contributed by atoms with Crippen LogP contribution in [0.25, 0.3) is 0 Å². The Labute approximate surface area is 144 Å². The van der Waals surface area contributed by atoms with Crippen molar-refractivity contribution in [3.05, 3.63) is 69.6 Å². The molecule has 2 aliphatic rings. The van der Waals surface area contributed by atoms with Crippen molar-refractivity contribution in [2.45, 2.75) is 13.0 Å². The first-order valence-corrected chi connectivity index (χ1v) is 8.11. The van der Waals surface area contributed by atoms with Gasteiger partial charge in [0.15, 0.2) is 6.54 Å². The summed E-state index contributed by atoms with van der Waals surface area (Å²) in [6.45, 7) is 2.69. The monoisotopic (exact) mass is 343 g/mol. The van der Waals surface area contributed by atoms with E-state index in [-0.39, 0.29) is 18.2 Å². The molecule has 0 amide bonds. The molecule has 0 N–H and O–H groups in total. The maximum absolute atomic E-state index is 14.4. The third-order valence-electron chi connectivity index (χ3n) is 4.47. The van der Waals surface area contributed by atoms with Gasteiger partial charge in [0.25, 0.3) is 0 Å². The second-order valence-corrected chi connectivity index (χ2v) is 6.40. The molecule has 1 unspecified atom stereocenters. The molecule has 0 aliphatic carbocycles. The van der Waals surface area contributed by atoms with Crippen LogP contribution in [0, 0.1) is 11.0 Å². The van der Waals surface area contributed by atoms with Gasteiger partial charge in [-0.3, -0.25) is 4.99 Å². The van der Waals surface area contributed by atoms with Crippen molar-refractivity contribution in [2.75, 3.05) is 18.0 Å². The van der Waals surface area contributed by atoms with Crippen molar-refractivity contribution >= 4 is 28.8 Å². The maximum atomic E-state index is 14.4. The number of halogens is 2. The van der Waals surface area contributed by atoms with Crippen molar-refractivity contribution in [1.82, 2.24) is 0 Å². The molecule has 2 aliphatic heterocycles. The number of fused-ring (bicyclic) bond motifs is 3. The molecular weight excluding hydrogens is 329 g/mol. The van der Waals surface area contributed by atoms with Crippen LogP contribution in [-0.4, -0.2) is 35.4 Å². The molecule has 4 nitrogen and oxygen atoms in total. The van der Waals surface area contributed by atoms with E-state index in [1.165, 1.54) is 6.07 Å². The highest BCUT2D eigenvalue weighted by Crippen LogP contribution is 2.33. The molecule has 0 aromatic heterocycles. The van der Waals surface area contributed by atoms with Gasteiger partial charge in [-0.2, -0.15) is 0 Å². The van der Waals surface area contributed by atoms with Gasteiger partial charge in [0.1, 0.15) is 17.7 Å². The zero-order valence-corrected chi connectivity index (χ0v) is 13.8. The highest BCUT2D eigenvalue weighted by Gasteiger charge is 2.37. The number of benzene rings is 2. The fourth-order valence-corrected chi connectivity index (χ4v) is 3.60. The Morgan fingerprint density at radius 1 is 1.25 bits per heavy atom. The van der Waals surface area contributed by atoms with Crippen LogP contribution in [0.1, 0.15) is 18.1 Å². The molecule has 0 radical (unpaired) electrons. The van der Waals surface area contributed by atoms with Crippen molar-refractivity contribution < 1.29 is 9.13 Å². The van der Waals surface area contributed by atoms with E-state index in [2.05, 4.69) is 4.99 Å². The highest BCUT2D eigenvalue weighted by molar-refractivity contribution is 6.31. The van der Waals surface area contributed by atoms with Crippen molar-refractivity contribution in [2.24, 2.45) is 4.99 Å². The predicted molar refractivity (Wildman–Crippen MR) is 93.8 cm³/mol. The van der Waals surface area contributed by atoms with Crippen LogP contribution in [0.2, 0.25) is 5.02 Å². The quantitative estimate of drug-likeness (QED) is 0.588. The Morgan fingerprint density at radius 3 is 2.83 bits per heavy atom. The molecule has 2 aromatic rings. The van der Waals surface area contributed by atoms with Crippen LogP contribution < -0.4 is 4.90 Å². The summed E-state index contributed by atoms with van der Waals surface area (Å²) in [5.41, 5.74) is 2.06. The van der Waals surface area contributed by atoms with E-state index < -0.39 is 5.82 Å². The van der Waals surface area contributed by atoms with Gasteiger partial charge in [0.05, 0.1) is 23.4 Å². The van der Waals surface area contributed by atoms with E-state index in [9.17, 15) is 9.60 Å². The summed E-state index contributed by atoms with van der Waals surface area (Å²) in [6, 6.07) is 11.6. The Bertz CT molecular complexity index is 894. The zero-order valence-electron chi connectivity index (χ0n) is 13.0. The first-order chi connectivity index (χ1) is 11.6. The topological polar surface area (TPSA) is 41.7 Å².